The van der Waals surface area contributed by atoms with Gasteiger partial charge in [0.25, 0.3) is 0 Å². The zero-order valence-electron chi connectivity index (χ0n) is 13.9. The van der Waals surface area contributed by atoms with Gasteiger partial charge in [0.2, 0.25) is 5.91 Å². The number of hydrogen-bond donors (Lipinski definition) is 2. The van der Waals surface area contributed by atoms with Crippen molar-refractivity contribution >= 4 is 23.2 Å². The molecule has 0 unspecified atom stereocenters. The van der Waals surface area contributed by atoms with Crippen molar-refractivity contribution in [1.29, 1.82) is 5.41 Å². The minimum absolute atomic E-state index is 0.0450. The first-order valence-corrected chi connectivity index (χ1v) is 8.56. The molecule has 1 aromatic heterocycles. The van der Waals surface area contributed by atoms with Gasteiger partial charge in [0, 0.05) is 17.5 Å². The molecule has 5 heteroatoms. The van der Waals surface area contributed by atoms with Crippen LogP contribution in [0, 0.1) is 17.3 Å². The van der Waals surface area contributed by atoms with Crippen molar-refractivity contribution in [2.45, 2.75) is 25.8 Å². The highest BCUT2D eigenvalue weighted by Crippen LogP contribution is 2.36. The average molecular weight is 337 g/mol. The van der Waals surface area contributed by atoms with Crippen LogP contribution in [0.1, 0.15) is 30.7 Å². The Kier molecular flexibility index (Phi) is 4.16. The molecule has 2 N–H and O–H groups in total. The molecule has 1 aromatic carbocycles. The summed E-state index contributed by atoms with van der Waals surface area (Å²) in [4.78, 5) is 14.5. The number of thiophene rings is 1. The number of nitrogens with one attached hydrogen (secondary N) is 2. The summed E-state index contributed by atoms with van der Waals surface area (Å²) in [6.45, 7) is 3.80. The van der Waals surface area contributed by atoms with E-state index >= 15 is 0 Å². The molecule has 4 nitrogen and oxygen atoms in total. The summed E-state index contributed by atoms with van der Waals surface area (Å²) in [5.74, 6) is 6.09. The molecule has 0 spiro atoms. The van der Waals surface area contributed by atoms with Crippen molar-refractivity contribution in [2.75, 3.05) is 7.05 Å². The maximum absolute atomic E-state index is 12.1. The molecule has 0 radical (unpaired) electrons. The summed E-state index contributed by atoms with van der Waals surface area (Å²) in [7, 11) is 1.62. The molecule has 1 atom stereocenters. The van der Waals surface area contributed by atoms with E-state index in [1.807, 2.05) is 26.0 Å². The number of amides is 1. The number of rotatable bonds is 2. The second kappa shape index (κ2) is 6.14. The van der Waals surface area contributed by atoms with Crippen LogP contribution in [0.3, 0.4) is 0 Å². The molecular weight excluding hydrogens is 318 g/mol. The Labute approximate surface area is 146 Å². The SMILES string of the molecule is CC#Cc1cccc(-c2csc([C@]3(C)CC(=O)N(C)C(=N)N3)c2)c1. The van der Waals surface area contributed by atoms with Gasteiger partial charge in [-0.3, -0.25) is 15.1 Å². The first-order valence-electron chi connectivity index (χ1n) is 7.68. The van der Waals surface area contributed by atoms with E-state index in [1.165, 1.54) is 4.90 Å². The smallest absolute Gasteiger partial charge is 0.231 e. The summed E-state index contributed by atoms with van der Waals surface area (Å²) in [5.41, 5.74) is 2.67. The van der Waals surface area contributed by atoms with E-state index in [1.54, 1.807) is 18.4 Å². The van der Waals surface area contributed by atoms with E-state index in [-0.39, 0.29) is 11.9 Å². The summed E-state index contributed by atoms with van der Waals surface area (Å²) in [6.07, 6.45) is 0.340. The second-order valence-electron chi connectivity index (χ2n) is 6.09. The van der Waals surface area contributed by atoms with Crippen LogP contribution in [-0.4, -0.2) is 23.8 Å². The number of benzene rings is 1. The number of nitrogens with zero attached hydrogens (tertiary/aromatic N) is 1. The van der Waals surface area contributed by atoms with Crippen LogP contribution in [0.4, 0.5) is 0 Å². The molecule has 122 valence electrons. The van der Waals surface area contributed by atoms with Gasteiger partial charge in [-0.05, 0) is 48.6 Å². The predicted molar refractivity (Wildman–Crippen MR) is 97.9 cm³/mol. The molecule has 0 bridgehead atoms. The number of guanidine groups is 1. The van der Waals surface area contributed by atoms with E-state index in [2.05, 4.69) is 40.7 Å². The first kappa shape index (κ1) is 16.3. The predicted octanol–water partition coefficient (Wildman–Crippen LogP) is 3.39. The molecule has 2 aromatic rings. The van der Waals surface area contributed by atoms with E-state index in [0.29, 0.717) is 6.42 Å². The third-order valence-electron chi connectivity index (χ3n) is 4.22. The minimum atomic E-state index is -0.537. The Morgan fingerprint density at radius 3 is 2.83 bits per heavy atom. The van der Waals surface area contributed by atoms with Crippen LogP contribution < -0.4 is 5.32 Å². The first-order chi connectivity index (χ1) is 11.4. The zero-order valence-corrected chi connectivity index (χ0v) is 14.8. The molecule has 2 heterocycles. The van der Waals surface area contributed by atoms with Gasteiger partial charge in [0.15, 0.2) is 5.96 Å². The van der Waals surface area contributed by atoms with Crippen LogP contribution in [0.15, 0.2) is 35.7 Å². The summed E-state index contributed by atoms with van der Waals surface area (Å²) in [5, 5.41) is 13.2. The van der Waals surface area contributed by atoms with Gasteiger partial charge in [0.05, 0.1) is 12.0 Å². The Morgan fingerprint density at radius 1 is 1.33 bits per heavy atom. The van der Waals surface area contributed by atoms with Gasteiger partial charge >= 0.3 is 0 Å². The molecular formula is C19H19N3OS. The maximum atomic E-state index is 12.1. The quantitative estimate of drug-likeness (QED) is 0.825. The lowest BCUT2D eigenvalue weighted by Gasteiger charge is -2.38. The molecule has 24 heavy (non-hydrogen) atoms. The van der Waals surface area contributed by atoms with Crippen LogP contribution in [0.2, 0.25) is 0 Å². The Morgan fingerprint density at radius 2 is 2.12 bits per heavy atom. The van der Waals surface area contributed by atoms with Gasteiger partial charge < -0.3 is 5.32 Å². The number of carbonyl (C=O) groups is 1. The lowest BCUT2D eigenvalue weighted by atomic mass is 9.92. The van der Waals surface area contributed by atoms with E-state index < -0.39 is 5.54 Å². The monoisotopic (exact) mass is 337 g/mol. The Balaban J connectivity index is 1.93. The molecule has 1 aliphatic rings. The standard InChI is InChI=1S/C19H19N3OS/c1-4-6-13-7-5-8-14(9-13)15-10-16(24-12-15)19(2)11-17(23)22(3)18(20)21-19/h5,7-10,12H,11H2,1-3H3,(H2,20,21)/t19-/m0/s1. The highest BCUT2D eigenvalue weighted by atomic mass is 32.1. The Hall–Kier alpha value is -2.58. The molecule has 1 saturated heterocycles. The average Bonchev–Trinajstić information content (AvgIpc) is 3.04. The van der Waals surface area contributed by atoms with Gasteiger partial charge in [0.1, 0.15) is 0 Å². The third kappa shape index (κ3) is 2.93. The Bertz CT molecular complexity index is 854. The normalized spacial score (nSPS) is 20.4. The molecule has 1 fully saturated rings. The van der Waals surface area contributed by atoms with Gasteiger partial charge in [-0.15, -0.1) is 17.3 Å². The summed E-state index contributed by atoms with van der Waals surface area (Å²) in [6, 6.07) is 10.2. The van der Waals surface area contributed by atoms with Crippen molar-refractivity contribution in [3.05, 3.63) is 46.2 Å². The van der Waals surface area contributed by atoms with Crippen molar-refractivity contribution < 1.29 is 4.79 Å². The van der Waals surface area contributed by atoms with Crippen LogP contribution >= 0.6 is 11.3 Å². The highest BCUT2D eigenvalue weighted by molar-refractivity contribution is 7.10. The summed E-state index contributed by atoms with van der Waals surface area (Å²) < 4.78 is 0. The zero-order chi connectivity index (χ0) is 17.3. The minimum Gasteiger partial charge on any atom is -0.345 e. The lowest BCUT2D eigenvalue weighted by molar-refractivity contribution is -0.129. The molecule has 3 rings (SSSR count). The largest absolute Gasteiger partial charge is 0.345 e. The van der Waals surface area contributed by atoms with Gasteiger partial charge in [-0.25, -0.2) is 0 Å². The van der Waals surface area contributed by atoms with Crippen LogP contribution in [-0.2, 0) is 10.3 Å². The van der Waals surface area contributed by atoms with Crippen LogP contribution in [0.5, 0.6) is 0 Å². The van der Waals surface area contributed by atoms with Crippen molar-refractivity contribution in [3.8, 4) is 23.0 Å². The number of carbonyl (C=O) groups excluding carboxylic acids is 1. The van der Waals surface area contributed by atoms with E-state index in [0.717, 1.165) is 21.6 Å². The topological polar surface area (TPSA) is 56.2 Å². The van der Waals surface area contributed by atoms with E-state index in [9.17, 15) is 4.79 Å². The second-order valence-corrected chi connectivity index (χ2v) is 7.00. The third-order valence-corrected chi connectivity index (χ3v) is 5.41. The molecule has 0 saturated carbocycles. The fraction of sp³-hybridized carbons (Fsp3) is 0.263. The van der Waals surface area contributed by atoms with Gasteiger partial charge in [-0.2, -0.15) is 0 Å². The van der Waals surface area contributed by atoms with Gasteiger partial charge in [-0.1, -0.05) is 18.1 Å². The highest BCUT2D eigenvalue weighted by Gasteiger charge is 2.38. The van der Waals surface area contributed by atoms with E-state index in [4.69, 9.17) is 5.41 Å². The fourth-order valence-corrected chi connectivity index (χ4v) is 3.82. The van der Waals surface area contributed by atoms with Crippen LogP contribution in [0.25, 0.3) is 11.1 Å². The molecule has 1 aliphatic heterocycles. The lowest BCUT2D eigenvalue weighted by Crippen LogP contribution is -2.57. The summed E-state index contributed by atoms with van der Waals surface area (Å²) >= 11 is 1.61. The number of hydrogen-bond acceptors (Lipinski definition) is 3. The van der Waals surface area contributed by atoms with Crippen molar-refractivity contribution in [1.82, 2.24) is 10.2 Å². The fourth-order valence-electron chi connectivity index (χ4n) is 2.78. The molecule has 1 amide bonds. The van der Waals surface area contributed by atoms with Crippen molar-refractivity contribution in [2.24, 2.45) is 0 Å². The molecule has 0 aliphatic carbocycles. The van der Waals surface area contributed by atoms with Crippen molar-refractivity contribution in [3.63, 3.8) is 0 Å². The maximum Gasteiger partial charge on any atom is 0.231 e.